The second kappa shape index (κ2) is 7.43. The number of nitrogens with zero attached hydrogens (tertiary/aromatic N) is 2. The van der Waals surface area contributed by atoms with Crippen molar-refractivity contribution >= 4 is 5.91 Å². The molecule has 1 rings (SSSR count). The first-order valence-corrected chi connectivity index (χ1v) is 7.28. The van der Waals surface area contributed by atoms with Crippen molar-refractivity contribution in [3.63, 3.8) is 0 Å². The van der Waals surface area contributed by atoms with Crippen LogP contribution in [0.3, 0.4) is 0 Å². The summed E-state index contributed by atoms with van der Waals surface area (Å²) < 4.78 is 1.77. The van der Waals surface area contributed by atoms with Gasteiger partial charge in [0.1, 0.15) is 0 Å². The van der Waals surface area contributed by atoms with E-state index in [1.807, 2.05) is 13.1 Å². The van der Waals surface area contributed by atoms with Gasteiger partial charge in [-0.3, -0.25) is 9.48 Å². The lowest BCUT2D eigenvalue weighted by Crippen LogP contribution is -2.28. The molecule has 1 aromatic rings. The largest absolute Gasteiger partial charge is 0.350 e. The van der Waals surface area contributed by atoms with Gasteiger partial charge in [0.25, 0.3) is 0 Å². The summed E-state index contributed by atoms with van der Waals surface area (Å²) in [6, 6.07) is 1.91. The Labute approximate surface area is 121 Å². The van der Waals surface area contributed by atoms with Crippen molar-refractivity contribution in [1.29, 1.82) is 0 Å². The Hall–Kier alpha value is -1.36. The first-order chi connectivity index (χ1) is 9.34. The Kier molecular flexibility index (Phi) is 6.20. The van der Waals surface area contributed by atoms with E-state index < -0.39 is 0 Å². The molecule has 20 heavy (non-hydrogen) atoms. The van der Waals surface area contributed by atoms with E-state index in [9.17, 15) is 4.79 Å². The summed E-state index contributed by atoms with van der Waals surface area (Å²) in [7, 11) is 1.87. The van der Waals surface area contributed by atoms with Gasteiger partial charge in [-0.2, -0.15) is 5.10 Å². The Bertz CT molecular complexity index is 420. The maximum absolute atomic E-state index is 11.9. The second-order valence-electron chi connectivity index (χ2n) is 6.40. The smallest absolute Gasteiger partial charge is 0.220 e. The first kappa shape index (κ1) is 16.7. The molecule has 0 radical (unpaired) electrons. The van der Waals surface area contributed by atoms with Crippen molar-refractivity contribution in [2.75, 3.05) is 6.54 Å². The Morgan fingerprint density at radius 2 is 2.15 bits per heavy atom. The van der Waals surface area contributed by atoms with Crippen molar-refractivity contribution in [3.8, 4) is 0 Å². The summed E-state index contributed by atoms with van der Waals surface area (Å²) in [6.45, 7) is 7.84. The van der Waals surface area contributed by atoms with Crippen molar-refractivity contribution in [2.45, 2.75) is 46.6 Å². The molecule has 1 unspecified atom stereocenters. The van der Waals surface area contributed by atoms with E-state index in [1.165, 1.54) is 0 Å². The predicted molar refractivity (Wildman–Crippen MR) is 80.9 cm³/mol. The van der Waals surface area contributed by atoms with Gasteiger partial charge in [-0.05, 0) is 36.8 Å². The molecule has 0 aliphatic rings. The van der Waals surface area contributed by atoms with Gasteiger partial charge < -0.3 is 11.1 Å². The third-order valence-corrected chi connectivity index (χ3v) is 3.85. The normalized spacial score (nSPS) is 13.2. The summed E-state index contributed by atoms with van der Waals surface area (Å²) in [5.74, 6) is 0.576. The van der Waals surface area contributed by atoms with Crippen molar-refractivity contribution in [3.05, 3.63) is 18.0 Å². The lowest BCUT2D eigenvalue weighted by molar-refractivity contribution is -0.121. The monoisotopic (exact) mass is 280 g/mol. The van der Waals surface area contributed by atoms with E-state index in [0.717, 1.165) is 18.5 Å². The molecule has 1 heterocycles. The average molecular weight is 280 g/mol. The first-order valence-electron chi connectivity index (χ1n) is 7.28. The molecule has 0 saturated carbocycles. The minimum Gasteiger partial charge on any atom is -0.350 e. The highest BCUT2D eigenvalue weighted by Crippen LogP contribution is 2.31. The summed E-state index contributed by atoms with van der Waals surface area (Å²) in [4.78, 5) is 11.9. The molecule has 114 valence electrons. The van der Waals surface area contributed by atoms with Crippen molar-refractivity contribution < 1.29 is 4.79 Å². The van der Waals surface area contributed by atoms with E-state index in [2.05, 4.69) is 31.2 Å². The highest BCUT2D eigenvalue weighted by atomic mass is 16.1. The Morgan fingerprint density at radius 1 is 1.45 bits per heavy atom. The average Bonchev–Trinajstić information content (AvgIpc) is 2.76. The fourth-order valence-corrected chi connectivity index (χ4v) is 2.37. The predicted octanol–water partition coefficient (Wildman–Crippen LogP) is 1.83. The van der Waals surface area contributed by atoms with Crippen LogP contribution in [-0.2, 0) is 18.4 Å². The minimum atomic E-state index is 0.0949. The van der Waals surface area contributed by atoms with Gasteiger partial charge >= 0.3 is 0 Å². The molecule has 1 atom stereocenters. The van der Waals surface area contributed by atoms with Gasteiger partial charge in [0.15, 0.2) is 0 Å². The number of aromatic nitrogens is 2. The highest BCUT2D eigenvalue weighted by Gasteiger charge is 2.24. The van der Waals surface area contributed by atoms with Gasteiger partial charge in [0.05, 0.1) is 12.2 Å². The standard InChI is InChI=1S/C15H28N4O/c1-15(2,3)12(7-9-16)5-6-14(20)17-11-13-8-10-18-19(13)4/h8,10,12H,5-7,9,11,16H2,1-4H3,(H,17,20). The van der Waals surface area contributed by atoms with Crippen LogP contribution in [0.25, 0.3) is 0 Å². The molecule has 0 spiro atoms. The summed E-state index contributed by atoms with van der Waals surface area (Å²) in [5, 5.41) is 7.02. The van der Waals surface area contributed by atoms with E-state index in [4.69, 9.17) is 5.73 Å². The maximum atomic E-state index is 11.9. The summed E-state index contributed by atoms with van der Waals surface area (Å²) in [6.07, 6.45) is 4.15. The molecule has 5 heteroatoms. The zero-order valence-corrected chi connectivity index (χ0v) is 13.1. The number of nitrogens with one attached hydrogen (secondary N) is 1. The lowest BCUT2D eigenvalue weighted by atomic mass is 9.76. The number of hydrogen-bond acceptors (Lipinski definition) is 3. The zero-order chi connectivity index (χ0) is 15.2. The molecule has 0 fully saturated rings. The van der Waals surface area contributed by atoms with Crippen LogP contribution in [0.2, 0.25) is 0 Å². The number of hydrogen-bond donors (Lipinski definition) is 2. The van der Waals surface area contributed by atoms with E-state index in [1.54, 1.807) is 10.9 Å². The van der Waals surface area contributed by atoms with Crippen LogP contribution < -0.4 is 11.1 Å². The van der Waals surface area contributed by atoms with Gasteiger partial charge in [0, 0.05) is 19.7 Å². The number of carbonyl (C=O) groups is 1. The molecule has 0 aromatic carbocycles. The van der Waals surface area contributed by atoms with E-state index >= 15 is 0 Å². The number of nitrogens with two attached hydrogens (primary N) is 1. The van der Waals surface area contributed by atoms with Crippen LogP contribution >= 0.6 is 0 Å². The molecule has 0 aliphatic carbocycles. The molecule has 0 saturated heterocycles. The summed E-state index contributed by atoms with van der Waals surface area (Å²) in [5.41, 5.74) is 6.86. The Morgan fingerprint density at radius 3 is 2.65 bits per heavy atom. The van der Waals surface area contributed by atoms with Crippen LogP contribution in [0.1, 0.15) is 45.7 Å². The number of aryl methyl sites for hydroxylation is 1. The van der Waals surface area contributed by atoms with Crippen LogP contribution in [0.4, 0.5) is 0 Å². The minimum absolute atomic E-state index is 0.0949. The van der Waals surface area contributed by atoms with Gasteiger partial charge in [-0.25, -0.2) is 0 Å². The second-order valence-corrected chi connectivity index (χ2v) is 6.40. The number of amides is 1. The topological polar surface area (TPSA) is 72.9 Å². The lowest BCUT2D eigenvalue weighted by Gasteiger charge is -2.30. The van der Waals surface area contributed by atoms with Crippen molar-refractivity contribution in [2.24, 2.45) is 24.1 Å². The zero-order valence-electron chi connectivity index (χ0n) is 13.1. The maximum Gasteiger partial charge on any atom is 0.220 e. The number of rotatable bonds is 7. The third kappa shape index (κ3) is 5.33. The van der Waals surface area contributed by atoms with Crippen LogP contribution in [0.5, 0.6) is 0 Å². The third-order valence-electron chi connectivity index (χ3n) is 3.85. The van der Waals surface area contributed by atoms with Crippen LogP contribution in [-0.4, -0.2) is 22.2 Å². The van der Waals surface area contributed by atoms with E-state index in [-0.39, 0.29) is 11.3 Å². The molecule has 0 aliphatic heterocycles. The van der Waals surface area contributed by atoms with Gasteiger partial charge in [-0.1, -0.05) is 20.8 Å². The highest BCUT2D eigenvalue weighted by molar-refractivity contribution is 5.75. The molecular formula is C15H28N4O. The van der Waals surface area contributed by atoms with Crippen LogP contribution in [0, 0.1) is 11.3 Å². The molecule has 1 amide bonds. The van der Waals surface area contributed by atoms with Gasteiger partial charge in [0.2, 0.25) is 5.91 Å². The molecular weight excluding hydrogens is 252 g/mol. The molecule has 5 nitrogen and oxygen atoms in total. The van der Waals surface area contributed by atoms with Crippen molar-refractivity contribution in [1.82, 2.24) is 15.1 Å². The van der Waals surface area contributed by atoms with E-state index in [0.29, 0.717) is 25.4 Å². The Balaban J connectivity index is 2.36. The number of carbonyl (C=O) groups excluding carboxylic acids is 1. The quantitative estimate of drug-likeness (QED) is 0.800. The van der Waals surface area contributed by atoms with Gasteiger partial charge in [-0.15, -0.1) is 0 Å². The SMILES string of the molecule is Cn1nccc1CNC(=O)CCC(CCN)C(C)(C)C. The fraction of sp³-hybridized carbons (Fsp3) is 0.733. The molecule has 0 bridgehead atoms. The fourth-order valence-electron chi connectivity index (χ4n) is 2.37. The molecule has 3 N–H and O–H groups in total. The molecule has 1 aromatic heterocycles. The summed E-state index contributed by atoms with van der Waals surface area (Å²) >= 11 is 0. The van der Waals surface area contributed by atoms with Crippen LogP contribution in [0.15, 0.2) is 12.3 Å².